The van der Waals surface area contributed by atoms with Gasteiger partial charge >= 0.3 is 0 Å². The maximum absolute atomic E-state index is 12.0. The summed E-state index contributed by atoms with van der Waals surface area (Å²) >= 11 is 0. The van der Waals surface area contributed by atoms with E-state index < -0.39 is 0 Å². The van der Waals surface area contributed by atoms with Crippen molar-refractivity contribution in [1.82, 2.24) is 5.32 Å². The first-order valence-electron chi connectivity index (χ1n) is 5.52. The molecule has 0 aliphatic heterocycles. The average molecular weight is 236 g/mol. The lowest BCUT2D eigenvalue weighted by molar-refractivity contribution is 0.0561. The highest BCUT2D eigenvalue weighted by molar-refractivity contribution is 5.98. The van der Waals surface area contributed by atoms with Crippen LogP contribution in [0.4, 0.5) is 5.69 Å². The third-order valence-electron chi connectivity index (χ3n) is 2.92. The fourth-order valence-electron chi connectivity index (χ4n) is 1.87. The van der Waals surface area contributed by atoms with Crippen LogP contribution in [0, 0.1) is 0 Å². The zero-order chi connectivity index (χ0) is 12.4. The summed E-state index contributed by atoms with van der Waals surface area (Å²) in [5.74, 6) is 0.280. The summed E-state index contributed by atoms with van der Waals surface area (Å²) in [7, 11) is 1.51. The van der Waals surface area contributed by atoms with E-state index in [0.29, 0.717) is 29.8 Å². The normalized spacial score (nSPS) is 22.7. The van der Waals surface area contributed by atoms with Crippen LogP contribution in [0.5, 0.6) is 5.75 Å². The number of rotatable bonds is 3. The van der Waals surface area contributed by atoms with Gasteiger partial charge in [-0.15, -0.1) is 0 Å². The first-order chi connectivity index (χ1) is 8.10. The molecule has 1 aromatic carbocycles. The molecule has 0 unspecified atom stereocenters. The first kappa shape index (κ1) is 11.7. The third-order valence-corrected chi connectivity index (χ3v) is 2.92. The number of methoxy groups -OCH3 is 1. The highest BCUT2D eigenvalue weighted by atomic mass is 16.5. The van der Waals surface area contributed by atoms with Crippen LogP contribution in [0.25, 0.3) is 0 Å². The van der Waals surface area contributed by atoms with Gasteiger partial charge in [0.15, 0.2) is 0 Å². The van der Waals surface area contributed by atoms with Crippen molar-refractivity contribution in [3.63, 3.8) is 0 Å². The minimum atomic E-state index is -0.289. The largest absolute Gasteiger partial charge is 0.496 e. The Labute approximate surface area is 99.6 Å². The predicted molar refractivity (Wildman–Crippen MR) is 63.9 cm³/mol. The quantitative estimate of drug-likeness (QED) is 0.668. The van der Waals surface area contributed by atoms with Gasteiger partial charge in [0.05, 0.1) is 18.8 Å². The number of aliphatic hydroxyl groups excluding tert-OH is 1. The van der Waals surface area contributed by atoms with E-state index in [4.69, 9.17) is 15.6 Å². The number of benzene rings is 1. The molecular formula is C12H16N2O3. The molecule has 5 nitrogen and oxygen atoms in total. The second-order valence-corrected chi connectivity index (χ2v) is 4.26. The van der Waals surface area contributed by atoms with Crippen molar-refractivity contribution in [2.45, 2.75) is 25.0 Å². The number of carbonyl (C=O) groups is 1. The van der Waals surface area contributed by atoms with Crippen molar-refractivity contribution in [2.24, 2.45) is 0 Å². The zero-order valence-electron chi connectivity index (χ0n) is 9.64. The third kappa shape index (κ3) is 2.50. The summed E-state index contributed by atoms with van der Waals surface area (Å²) in [6.07, 6.45) is 0.926. The Hall–Kier alpha value is -1.75. The molecular weight excluding hydrogens is 220 g/mol. The van der Waals surface area contributed by atoms with E-state index in [1.54, 1.807) is 18.2 Å². The number of hydrogen-bond acceptors (Lipinski definition) is 4. The van der Waals surface area contributed by atoms with Gasteiger partial charge in [0.1, 0.15) is 5.75 Å². The molecule has 5 heteroatoms. The number of nitrogens with one attached hydrogen (secondary N) is 1. The summed E-state index contributed by atoms with van der Waals surface area (Å²) in [5.41, 5.74) is 6.59. The van der Waals surface area contributed by atoms with Gasteiger partial charge in [-0.05, 0) is 31.0 Å². The van der Waals surface area contributed by atoms with E-state index in [1.807, 2.05) is 0 Å². The lowest BCUT2D eigenvalue weighted by Crippen LogP contribution is -2.46. The van der Waals surface area contributed by atoms with E-state index in [1.165, 1.54) is 7.11 Å². The Morgan fingerprint density at radius 3 is 2.82 bits per heavy atom. The second kappa shape index (κ2) is 4.63. The van der Waals surface area contributed by atoms with Gasteiger partial charge in [-0.2, -0.15) is 0 Å². The molecule has 0 spiro atoms. The Morgan fingerprint density at radius 1 is 1.53 bits per heavy atom. The van der Waals surface area contributed by atoms with Crippen LogP contribution in [0.3, 0.4) is 0 Å². The van der Waals surface area contributed by atoms with Crippen LogP contribution in [0.15, 0.2) is 18.2 Å². The SMILES string of the molecule is COc1ccc(N)cc1C(=O)NC1CC(O)C1. The number of aliphatic hydroxyl groups is 1. The average Bonchev–Trinajstić information content (AvgIpc) is 2.27. The molecule has 0 atom stereocenters. The molecule has 92 valence electrons. The van der Waals surface area contributed by atoms with Crippen LogP contribution in [0.2, 0.25) is 0 Å². The number of hydrogen-bond donors (Lipinski definition) is 3. The number of nitrogen functional groups attached to an aromatic ring is 1. The second-order valence-electron chi connectivity index (χ2n) is 4.26. The van der Waals surface area contributed by atoms with E-state index in [9.17, 15) is 4.79 Å². The molecule has 0 heterocycles. The Bertz CT molecular complexity index is 428. The van der Waals surface area contributed by atoms with Gasteiger partial charge in [-0.3, -0.25) is 4.79 Å². The van der Waals surface area contributed by atoms with Crippen LogP contribution >= 0.6 is 0 Å². The standard InChI is InChI=1S/C12H16N2O3/c1-17-11-3-2-7(13)4-10(11)12(16)14-8-5-9(15)6-8/h2-4,8-9,15H,5-6,13H2,1H3,(H,14,16). The van der Waals surface area contributed by atoms with E-state index >= 15 is 0 Å². The van der Waals surface area contributed by atoms with Crippen molar-refractivity contribution in [1.29, 1.82) is 0 Å². The van der Waals surface area contributed by atoms with Crippen LogP contribution in [-0.4, -0.2) is 30.3 Å². The van der Waals surface area contributed by atoms with Crippen LogP contribution in [0.1, 0.15) is 23.2 Å². The highest BCUT2D eigenvalue weighted by Crippen LogP contribution is 2.23. The minimum Gasteiger partial charge on any atom is -0.496 e. The fourth-order valence-corrected chi connectivity index (χ4v) is 1.87. The van der Waals surface area contributed by atoms with E-state index in [0.717, 1.165) is 0 Å². The van der Waals surface area contributed by atoms with Gasteiger partial charge in [0.2, 0.25) is 0 Å². The number of anilines is 1. The summed E-state index contributed by atoms with van der Waals surface area (Å²) in [5, 5.41) is 12.0. The zero-order valence-corrected chi connectivity index (χ0v) is 9.64. The molecule has 2 rings (SSSR count). The molecule has 1 aromatic rings. The highest BCUT2D eigenvalue weighted by Gasteiger charge is 2.29. The number of nitrogens with two attached hydrogens (primary N) is 1. The lowest BCUT2D eigenvalue weighted by atomic mass is 9.89. The first-order valence-corrected chi connectivity index (χ1v) is 5.52. The summed E-state index contributed by atoms with van der Waals surface area (Å²) < 4.78 is 5.11. The number of amides is 1. The number of ether oxygens (including phenoxy) is 1. The van der Waals surface area contributed by atoms with E-state index in [2.05, 4.69) is 5.32 Å². The van der Waals surface area contributed by atoms with Crippen molar-refractivity contribution in [2.75, 3.05) is 12.8 Å². The molecule has 0 radical (unpaired) electrons. The van der Waals surface area contributed by atoms with Crippen molar-refractivity contribution in [3.05, 3.63) is 23.8 Å². The minimum absolute atomic E-state index is 0.0450. The summed E-state index contributed by atoms with van der Waals surface area (Å²) in [6, 6.07) is 4.98. The maximum atomic E-state index is 12.0. The van der Waals surface area contributed by atoms with E-state index in [-0.39, 0.29) is 18.1 Å². The monoisotopic (exact) mass is 236 g/mol. The predicted octanol–water partition coefficient (Wildman–Crippen LogP) is 0.530. The molecule has 0 bridgehead atoms. The molecule has 17 heavy (non-hydrogen) atoms. The smallest absolute Gasteiger partial charge is 0.255 e. The maximum Gasteiger partial charge on any atom is 0.255 e. The number of carbonyl (C=O) groups excluding carboxylic acids is 1. The fraction of sp³-hybridized carbons (Fsp3) is 0.417. The molecule has 1 amide bonds. The molecule has 1 aliphatic rings. The topological polar surface area (TPSA) is 84.6 Å². The van der Waals surface area contributed by atoms with Gasteiger partial charge < -0.3 is 20.9 Å². The summed E-state index contributed by atoms with van der Waals surface area (Å²) in [4.78, 5) is 12.0. The Kier molecular flexibility index (Phi) is 3.19. The molecule has 4 N–H and O–H groups in total. The van der Waals surface area contributed by atoms with Gasteiger partial charge in [-0.1, -0.05) is 0 Å². The van der Waals surface area contributed by atoms with Crippen molar-refractivity contribution >= 4 is 11.6 Å². The lowest BCUT2D eigenvalue weighted by Gasteiger charge is -2.32. The summed E-state index contributed by atoms with van der Waals surface area (Å²) in [6.45, 7) is 0. The molecule has 0 saturated heterocycles. The van der Waals surface area contributed by atoms with Gasteiger partial charge in [0, 0.05) is 11.7 Å². The Morgan fingerprint density at radius 2 is 2.24 bits per heavy atom. The van der Waals surface area contributed by atoms with Gasteiger partial charge in [-0.25, -0.2) is 0 Å². The molecule has 1 saturated carbocycles. The van der Waals surface area contributed by atoms with Crippen molar-refractivity contribution in [3.8, 4) is 5.75 Å². The van der Waals surface area contributed by atoms with Crippen LogP contribution < -0.4 is 15.8 Å². The molecule has 1 fully saturated rings. The van der Waals surface area contributed by atoms with Crippen LogP contribution in [-0.2, 0) is 0 Å². The van der Waals surface area contributed by atoms with Gasteiger partial charge in [0.25, 0.3) is 5.91 Å². The van der Waals surface area contributed by atoms with Crippen molar-refractivity contribution < 1.29 is 14.6 Å². The Balaban J connectivity index is 2.09. The molecule has 0 aromatic heterocycles. The molecule has 1 aliphatic carbocycles.